The van der Waals surface area contributed by atoms with E-state index in [-0.39, 0.29) is 22.9 Å². The molecular weight excluding hydrogens is 307 g/mol. The number of amides is 2. The van der Waals surface area contributed by atoms with E-state index in [1.54, 1.807) is 24.0 Å². The predicted octanol–water partition coefficient (Wildman–Crippen LogP) is 2.62. The molecule has 0 spiro atoms. The summed E-state index contributed by atoms with van der Waals surface area (Å²) < 4.78 is 13.0. The van der Waals surface area contributed by atoms with Crippen molar-refractivity contribution in [2.75, 3.05) is 13.1 Å². The highest BCUT2D eigenvalue weighted by molar-refractivity contribution is 6.30. The number of nitrogens with one attached hydrogen (secondary N) is 1. The second kappa shape index (κ2) is 7.40. The summed E-state index contributed by atoms with van der Waals surface area (Å²) in [6, 6.07) is 4.35. The topological polar surface area (TPSA) is 49.4 Å². The van der Waals surface area contributed by atoms with Gasteiger partial charge in [0.05, 0.1) is 5.02 Å². The third-order valence-corrected chi connectivity index (χ3v) is 3.95. The first kappa shape index (κ1) is 16.5. The first-order chi connectivity index (χ1) is 10.5. The highest BCUT2D eigenvalue weighted by atomic mass is 35.5. The number of piperidine rings is 1. The molecule has 1 aliphatic rings. The Bertz CT molecular complexity index is 596. The Morgan fingerprint density at radius 1 is 1.36 bits per heavy atom. The van der Waals surface area contributed by atoms with Crippen molar-refractivity contribution in [2.24, 2.45) is 0 Å². The van der Waals surface area contributed by atoms with Crippen LogP contribution in [0.15, 0.2) is 24.3 Å². The summed E-state index contributed by atoms with van der Waals surface area (Å²) in [6.07, 6.45) is 4.50. The summed E-state index contributed by atoms with van der Waals surface area (Å²) in [5.74, 6) is -0.625. The molecule has 0 unspecified atom stereocenters. The van der Waals surface area contributed by atoms with E-state index in [4.69, 9.17) is 11.6 Å². The fourth-order valence-electron chi connectivity index (χ4n) is 2.38. The summed E-state index contributed by atoms with van der Waals surface area (Å²) >= 11 is 5.68. The number of benzene rings is 1. The fourth-order valence-corrected chi connectivity index (χ4v) is 2.56. The van der Waals surface area contributed by atoms with E-state index in [1.807, 2.05) is 0 Å². The SMILES string of the molecule is CC(=O)N1CCC(NC(=O)C=Cc2ccc(F)c(Cl)c2)CC1. The minimum Gasteiger partial charge on any atom is -0.350 e. The Labute approximate surface area is 133 Å². The normalized spacial score (nSPS) is 16.0. The van der Waals surface area contributed by atoms with Crippen LogP contribution in [0.25, 0.3) is 6.08 Å². The standard InChI is InChI=1S/C16H18ClFN2O2/c1-11(21)20-8-6-13(7-9-20)19-16(22)5-3-12-2-4-15(18)14(17)10-12/h2-5,10,13H,6-9H2,1H3,(H,19,22). The van der Waals surface area contributed by atoms with Crippen molar-refractivity contribution in [3.8, 4) is 0 Å². The lowest BCUT2D eigenvalue weighted by Gasteiger charge is -2.31. The van der Waals surface area contributed by atoms with Gasteiger partial charge in [-0.15, -0.1) is 0 Å². The highest BCUT2D eigenvalue weighted by Gasteiger charge is 2.21. The van der Waals surface area contributed by atoms with Crippen molar-refractivity contribution in [1.29, 1.82) is 0 Å². The number of carbonyl (C=O) groups excluding carboxylic acids is 2. The second-order valence-corrected chi connectivity index (χ2v) is 5.70. The molecule has 0 bridgehead atoms. The minimum absolute atomic E-state index is 0.0270. The summed E-state index contributed by atoms with van der Waals surface area (Å²) in [6.45, 7) is 2.88. The number of nitrogens with zero attached hydrogens (tertiary/aromatic N) is 1. The molecule has 0 aromatic heterocycles. The molecule has 1 aromatic rings. The van der Waals surface area contributed by atoms with Crippen LogP contribution in [0, 0.1) is 5.82 Å². The van der Waals surface area contributed by atoms with E-state index in [0.717, 1.165) is 12.8 Å². The van der Waals surface area contributed by atoms with Gasteiger partial charge in [-0.1, -0.05) is 17.7 Å². The lowest BCUT2D eigenvalue weighted by Crippen LogP contribution is -2.45. The summed E-state index contributed by atoms with van der Waals surface area (Å²) in [5.41, 5.74) is 0.660. The average Bonchev–Trinajstić information content (AvgIpc) is 2.49. The van der Waals surface area contributed by atoms with Gasteiger partial charge in [0.25, 0.3) is 0 Å². The van der Waals surface area contributed by atoms with Crippen molar-refractivity contribution in [2.45, 2.75) is 25.8 Å². The minimum atomic E-state index is -0.486. The van der Waals surface area contributed by atoms with Gasteiger partial charge in [0.1, 0.15) is 5.82 Å². The predicted molar refractivity (Wildman–Crippen MR) is 83.9 cm³/mol. The smallest absolute Gasteiger partial charge is 0.244 e. The maximum atomic E-state index is 13.0. The molecule has 2 rings (SSSR count). The molecule has 1 saturated heterocycles. The Kier molecular flexibility index (Phi) is 5.55. The Morgan fingerprint density at radius 3 is 2.64 bits per heavy atom. The number of rotatable bonds is 3. The Balaban J connectivity index is 1.84. The molecule has 0 saturated carbocycles. The van der Waals surface area contributed by atoms with E-state index in [2.05, 4.69) is 5.32 Å². The zero-order valence-corrected chi connectivity index (χ0v) is 13.1. The molecule has 1 N–H and O–H groups in total. The molecule has 0 radical (unpaired) electrons. The van der Waals surface area contributed by atoms with Gasteiger partial charge in [-0.25, -0.2) is 4.39 Å². The molecular formula is C16H18ClFN2O2. The van der Waals surface area contributed by atoms with Crippen molar-refractivity contribution >= 4 is 29.5 Å². The summed E-state index contributed by atoms with van der Waals surface area (Å²) in [7, 11) is 0. The maximum absolute atomic E-state index is 13.0. The van der Waals surface area contributed by atoms with Gasteiger partial charge >= 0.3 is 0 Å². The van der Waals surface area contributed by atoms with E-state index in [0.29, 0.717) is 18.7 Å². The lowest BCUT2D eigenvalue weighted by molar-refractivity contribution is -0.129. The van der Waals surface area contributed by atoms with Crippen molar-refractivity contribution in [1.82, 2.24) is 10.2 Å². The van der Waals surface area contributed by atoms with Gasteiger partial charge in [-0.05, 0) is 36.6 Å². The number of hydrogen-bond donors (Lipinski definition) is 1. The van der Waals surface area contributed by atoms with E-state index in [1.165, 1.54) is 18.2 Å². The van der Waals surface area contributed by atoms with Crippen LogP contribution in [0.1, 0.15) is 25.3 Å². The van der Waals surface area contributed by atoms with Crippen LogP contribution in [0.4, 0.5) is 4.39 Å². The number of likely N-dealkylation sites (tertiary alicyclic amines) is 1. The number of halogens is 2. The highest BCUT2D eigenvalue weighted by Crippen LogP contribution is 2.17. The van der Waals surface area contributed by atoms with Gasteiger partial charge in [-0.2, -0.15) is 0 Å². The monoisotopic (exact) mass is 324 g/mol. The Morgan fingerprint density at radius 2 is 2.05 bits per heavy atom. The molecule has 1 aromatic carbocycles. The van der Waals surface area contributed by atoms with E-state index in [9.17, 15) is 14.0 Å². The Hall–Kier alpha value is -1.88. The van der Waals surface area contributed by atoms with Gasteiger partial charge in [-0.3, -0.25) is 9.59 Å². The molecule has 22 heavy (non-hydrogen) atoms. The first-order valence-electron chi connectivity index (χ1n) is 7.15. The van der Waals surface area contributed by atoms with Crippen LogP contribution >= 0.6 is 11.6 Å². The van der Waals surface area contributed by atoms with E-state index < -0.39 is 5.82 Å². The van der Waals surface area contributed by atoms with Gasteiger partial charge in [0, 0.05) is 32.1 Å². The molecule has 1 aliphatic heterocycles. The maximum Gasteiger partial charge on any atom is 0.244 e. The molecule has 0 aliphatic carbocycles. The van der Waals surface area contributed by atoms with Crippen LogP contribution < -0.4 is 5.32 Å². The van der Waals surface area contributed by atoms with Crippen molar-refractivity contribution < 1.29 is 14.0 Å². The van der Waals surface area contributed by atoms with Gasteiger partial charge in [0.15, 0.2) is 0 Å². The van der Waals surface area contributed by atoms with Crippen LogP contribution in [0.2, 0.25) is 5.02 Å². The van der Waals surface area contributed by atoms with Crippen LogP contribution in [-0.2, 0) is 9.59 Å². The molecule has 6 heteroatoms. The number of carbonyl (C=O) groups is 2. The van der Waals surface area contributed by atoms with Crippen molar-refractivity contribution in [3.05, 3.63) is 40.7 Å². The van der Waals surface area contributed by atoms with Crippen LogP contribution in [0.3, 0.4) is 0 Å². The third-order valence-electron chi connectivity index (χ3n) is 3.66. The molecule has 118 valence electrons. The fraction of sp³-hybridized carbons (Fsp3) is 0.375. The largest absolute Gasteiger partial charge is 0.350 e. The molecule has 4 nitrogen and oxygen atoms in total. The average molecular weight is 325 g/mol. The number of hydrogen-bond acceptors (Lipinski definition) is 2. The van der Waals surface area contributed by atoms with Crippen molar-refractivity contribution in [3.63, 3.8) is 0 Å². The summed E-state index contributed by atoms with van der Waals surface area (Å²) in [4.78, 5) is 24.9. The summed E-state index contributed by atoms with van der Waals surface area (Å²) in [5, 5.41) is 2.93. The third kappa shape index (κ3) is 4.56. The van der Waals surface area contributed by atoms with Crippen LogP contribution in [0.5, 0.6) is 0 Å². The lowest BCUT2D eigenvalue weighted by atomic mass is 10.0. The first-order valence-corrected chi connectivity index (χ1v) is 7.52. The van der Waals surface area contributed by atoms with Gasteiger partial charge < -0.3 is 10.2 Å². The molecule has 2 amide bonds. The van der Waals surface area contributed by atoms with E-state index >= 15 is 0 Å². The van der Waals surface area contributed by atoms with Gasteiger partial charge in [0.2, 0.25) is 11.8 Å². The molecule has 1 heterocycles. The van der Waals surface area contributed by atoms with Crippen LogP contribution in [-0.4, -0.2) is 35.8 Å². The quantitative estimate of drug-likeness (QED) is 0.869. The second-order valence-electron chi connectivity index (χ2n) is 5.30. The zero-order chi connectivity index (χ0) is 16.1. The zero-order valence-electron chi connectivity index (χ0n) is 12.3. The molecule has 1 fully saturated rings. The molecule has 0 atom stereocenters.